The molecule has 1 N–H and O–H groups in total. The third-order valence-electron chi connectivity index (χ3n) is 6.51. The summed E-state index contributed by atoms with van der Waals surface area (Å²) in [7, 11) is -4.14. The fraction of sp³-hybridized carbons (Fsp3) is 0.333. The Morgan fingerprint density at radius 3 is 2.15 bits per heavy atom. The molecular weight excluding hydrogens is 550 g/mol. The summed E-state index contributed by atoms with van der Waals surface area (Å²) in [5.74, 6) is -0.321. The monoisotopic (exact) mass is 585 g/mol. The van der Waals surface area contributed by atoms with E-state index < -0.39 is 28.5 Å². The van der Waals surface area contributed by atoms with Crippen LogP contribution >= 0.6 is 11.6 Å². The van der Waals surface area contributed by atoms with Crippen molar-refractivity contribution in [2.24, 2.45) is 0 Å². The molecule has 40 heavy (non-hydrogen) atoms. The van der Waals surface area contributed by atoms with Crippen LogP contribution in [0.25, 0.3) is 0 Å². The van der Waals surface area contributed by atoms with Gasteiger partial charge in [0.15, 0.2) is 0 Å². The highest BCUT2D eigenvalue weighted by Gasteiger charge is 2.33. The Morgan fingerprint density at radius 1 is 0.925 bits per heavy atom. The minimum absolute atomic E-state index is 0.0239. The lowest BCUT2D eigenvalue weighted by atomic mass is 10.1. The second-order valence-corrected chi connectivity index (χ2v) is 11.6. The van der Waals surface area contributed by atoms with Gasteiger partial charge in [0.25, 0.3) is 10.0 Å². The molecule has 0 radical (unpaired) electrons. The molecule has 0 saturated carbocycles. The van der Waals surface area contributed by atoms with E-state index in [1.165, 1.54) is 17.0 Å². The van der Waals surface area contributed by atoms with Gasteiger partial charge in [-0.05, 0) is 75.2 Å². The number of carbonyl (C=O) groups excluding carboxylic acids is 2. The Balaban J connectivity index is 2.02. The first kappa shape index (κ1) is 31.0. The summed E-state index contributed by atoms with van der Waals surface area (Å²) in [5, 5.41) is 3.35. The summed E-state index contributed by atoms with van der Waals surface area (Å²) in [6, 6.07) is 20.5. The SMILES string of the molecule is CCOc1ccc(N(CC(=O)N(Cc2ccccc2Cl)[C@H](C)C(=O)N[C@@H](C)CC)S(=O)(=O)c2ccccc2)cc1. The van der Waals surface area contributed by atoms with Gasteiger partial charge in [-0.3, -0.25) is 13.9 Å². The fourth-order valence-corrected chi connectivity index (χ4v) is 5.61. The highest BCUT2D eigenvalue weighted by atomic mass is 35.5. The third kappa shape index (κ3) is 7.76. The molecule has 2 atom stereocenters. The van der Waals surface area contributed by atoms with Gasteiger partial charge in [0, 0.05) is 17.6 Å². The Morgan fingerprint density at radius 2 is 1.55 bits per heavy atom. The molecule has 0 aromatic heterocycles. The number of nitrogens with zero attached hydrogens (tertiary/aromatic N) is 2. The molecule has 0 aliphatic rings. The zero-order valence-electron chi connectivity index (χ0n) is 23.2. The first-order valence-corrected chi connectivity index (χ1v) is 15.0. The molecule has 0 fully saturated rings. The van der Waals surface area contributed by atoms with Gasteiger partial charge in [-0.2, -0.15) is 0 Å². The molecule has 0 heterocycles. The molecule has 3 aromatic carbocycles. The maximum absolute atomic E-state index is 14.0. The largest absolute Gasteiger partial charge is 0.494 e. The molecule has 0 bridgehead atoms. The van der Waals surface area contributed by atoms with E-state index in [9.17, 15) is 18.0 Å². The van der Waals surface area contributed by atoms with Crippen molar-refractivity contribution in [2.45, 2.75) is 57.6 Å². The minimum atomic E-state index is -4.14. The number of sulfonamides is 1. The van der Waals surface area contributed by atoms with Crippen LogP contribution in [0.2, 0.25) is 5.02 Å². The van der Waals surface area contributed by atoms with E-state index in [2.05, 4.69) is 5.32 Å². The van der Waals surface area contributed by atoms with Gasteiger partial charge < -0.3 is 15.0 Å². The van der Waals surface area contributed by atoms with Crippen LogP contribution in [-0.2, 0) is 26.2 Å². The standard InChI is InChI=1S/C30H36ClN3O5S/c1-5-22(3)32-30(36)23(4)33(20-24-12-10-11-15-28(24)31)29(35)21-34(25-16-18-26(19-17-25)39-6-2)40(37,38)27-13-8-7-9-14-27/h7-19,22-23H,5-6,20-21H2,1-4H3,(H,32,36)/t22-,23+/m0/s1. The summed E-state index contributed by atoms with van der Waals surface area (Å²) in [5.41, 5.74) is 0.925. The Labute approximate surface area is 241 Å². The molecule has 3 rings (SSSR count). The van der Waals surface area contributed by atoms with E-state index in [-0.39, 0.29) is 29.1 Å². The molecular formula is C30H36ClN3O5S. The van der Waals surface area contributed by atoms with Crippen molar-refractivity contribution < 1.29 is 22.7 Å². The van der Waals surface area contributed by atoms with Crippen LogP contribution in [0.15, 0.2) is 83.8 Å². The molecule has 3 aromatic rings. The number of anilines is 1. The molecule has 10 heteroatoms. The zero-order valence-corrected chi connectivity index (χ0v) is 24.8. The van der Waals surface area contributed by atoms with Gasteiger partial charge >= 0.3 is 0 Å². The van der Waals surface area contributed by atoms with Crippen LogP contribution in [0, 0.1) is 0 Å². The number of amides is 2. The molecule has 0 saturated heterocycles. The normalized spacial score (nSPS) is 12.7. The summed E-state index contributed by atoms with van der Waals surface area (Å²) < 4.78 is 34.2. The smallest absolute Gasteiger partial charge is 0.264 e. The second-order valence-electron chi connectivity index (χ2n) is 9.36. The molecule has 214 valence electrons. The summed E-state index contributed by atoms with van der Waals surface area (Å²) in [6.07, 6.45) is 0.720. The van der Waals surface area contributed by atoms with Crippen LogP contribution in [0.3, 0.4) is 0 Å². The predicted molar refractivity (Wildman–Crippen MR) is 158 cm³/mol. The van der Waals surface area contributed by atoms with E-state index >= 15 is 0 Å². The Kier molecular flexibility index (Phi) is 11.0. The lowest BCUT2D eigenvalue weighted by molar-refractivity contribution is -0.139. The van der Waals surface area contributed by atoms with E-state index in [1.54, 1.807) is 73.7 Å². The molecule has 8 nitrogen and oxygen atoms in total. The van der Waals surface area contributed by atoms with Crippen molar-refractivity contribution in [2.75, 3.05) is 17.5 Å². The second kappa shape index (κ2) is 14.2. The predicted octanol–water partition coefficient (Wildman–Crippen LogP) is 5.27. The number of hydrogen-bond acceptors (Lipinski definition) is 5. The zero-order chi connectivity index (χ0) is 29.3. The van der Waals surface area contributed by atoms with Gasteiger partial charge in [0.1, 0.15) is 18.3 Å². The molecule has 0 spiro atoms. The maximum atomic E-state index is 14.0. The number of nitrogens with one attached hydrogen (secondary N) is 1. The van der Waals surface area contributed by atoms with Gasteiger partial charge in [0.05, 0.1) is 17.2 Å². The van der Waals surface area contributed by atoms with Gasteiger partial charge in [0.2, 0.25) is 11.8 Å². The lowest BCUT2D eigenvalue weighted by Crippen LogP contribution is -2.52. The summed E-state index contributed by atoms with van der Waals surface area (Å²) in [6.45, 7) is 7.25. The first-order valence-electron chi connectivity index (χ1n) is 13.2. The van der Waals surface area contributed by atoms with Crippen molar-refractivity contribution >= 4 is 39.1 Å². The van der Waals surface area contributed by atoms with Gasteiger partial charge in [-0.25, -0.2) is 8.42 Å². The molecule has 0 aliphatic carbocycles. The lowest BCUT2D eigenvalue weighted by Gasteiger charge is -2.32. The average Bonchev–Trinajstić information content (AvgIpc) is 2.96. The van der Waals surface area contributed by atoms with Crippen molar-refractivity contribution in [3.63, 3.8) is 0 Å². The number of halogens is 1. The average molecular weight is 586 g/mol. The van der Waals surface area contributed by atoms with Crippen molar-refractivity contribution in [1.29, 1.82) is 0 Å². The van der Waals surface area contributed by atoms with E-state index in [0.29, 0.717) is 22.9 Å². The summed E-state index contributed by atoms with van der Waals surface area (Å²) in [4.78, 5) is 28.5. The highest BCUT2D eigenvalue weighted by Crippen LogP contribution is 2.27. The number of rotatable bonds is 13. The first-order chi connectivity index (χ1) is 19.1. The number of ether oxygens (including phenoxy) is 1. The van der Waals surface area contributed by atoms with Crippen LogP contribution in [0.1, 0.15) is 39.7 Å². The van der Waals surface area contributed by atoms with E-state index in [4.69, 9.17) is 16.3 Å². The number of hydrogen-bond donors (Lipinski definition) is 1. The van der Waals surface area contributed by atoms with Gasteiger partial charge in [-0.1, -0.05) is 54.9 Å². The van der Waals surface area contributed by atoms with Crippen LogP contribution in [-0.4, -0.2) is 50.4 Å². The van der Waals surface area contributed by atoms with Crippen molar-refractivity contribution in [3.8, 4) is 5.75 Å². The van der Waals surface area contributed by atoms with E-state index in [1.807, 2.05) is 20.8 Å². The maximum Gasteiger partial charge on any atom is 0.264 e. The summed E-state index contributed by atoms with van der Waals surface area (Å²) >= 11 is 6.40. The van der Waals surface area contributed by atoms with Gasteiger partial charge in [-0.15, -0.1) is 0 Å². The quantitative estimate of drug-likeness (QED) is 0.295. The Bertz CT molecular complexity index is 1380. The fourth-order valence-electron chi connectivity index (χ4n) is 3.98. The third-order valence-corrected chi connectivity index (χ3v) is 8.67. The van der Waals surface area contributed by atoms with E-state index in [0.717, 1.165) is 10.7 Å². The highest BCUT2D eigenvalue weighted by molar-refractivity contribution is 7.92. The van der Waals surface area contributed by atoms with Crippen LogP contribution < -0.4 is 14.4 Å². The van der Waals surface area contributed by atoms with Crippen molar-refractivity contribution in [1.82, 2.24) is 10.2 Å². The number of benzene rings is 3. The van der Waals surface area contributed by atoms with Crippen LogP contribution in [0.4, 0.5) is 5.69 Å². The minimum Gasteiger partial charge on any atom is -0.494 e. The Hall–Kier alpha value is -3.56. The molecule has 0 aliphatic heterocycles. The molecule has 2 amide bonds. The topological polar surface area (TPSA) is 96.0 Å². The number of carbonyl (C=O) groups is 2. The van der Waals surface area contributed by atoms with Crippen molar-refractivity contribution in [3.05, 3.63) is 89.4 Å². The van der Waals surface area contributed by atoms with Crippen LogP contribution in [0.5, 0.6) is 5.75 Å². The molecule has 0 unspecified atom stereocenters.